The molecule has 21 heavy (non-hydrogen) atoms. The molecule has 1 aliphatic heterocycles. The van der Waals surface area contributed by atoms with Crippen molar-refractivity contribution >= 4 is 11.6 Å². The number of piperidine rings is 1. The molecule has 0 saturated carbocycles. The van der Waals surface area contributed by atoms with Gasteiger partial charge in [0.15, 0.2) is 0 Å². The third-order valence-corrected chi connectivity index (χ3v) is 4.31. The van der Waals surface area contributed by atoms with Crippen molar-refractivity contribution in [2.24, 2.45) is 5.73 Å². The average molecular weight is 307 g/mol. The first kappa shape index (κ1) is 14.5. The van der Waals surface area contributed by atoms with Crippen LogP contribution < -0.4 is 5.73 Å². The molecule has 5 nitrogen and oxygen atoms in total. The zero-order valence-electron chi connectivity index (χ0n) is 12.0. The fourth-order valence-electron chi connectivity index (χ4n) is 2.74. The molecule has 1 aromatic carbocycles. The summed E-state index contributed by atoms with van der Waals surface area (Å²) >= 11 is 6.15. The van der Waals surface area contributed by atoms with Crippen molar-refractivity contribution in [2.75, 3.05) is 6.54 Å². The summed E-state index contributed by atoms with van der Waals surface area (Å²) in [6.07, 6.45) is 2.02. The summed E-state index contributed by atoms with van der Waals surface area (Å²) in [4.78, 5) is 6.78. The molecule has 0 radical (unpaired) electrons. The lowest BCUT2D eigenvalue weighted by Gasteiger charge is -2.35. The van der Waals surface area contributed by atoms with E-state index in [-0.39, 0.29) is 0 Å². The number of aromatic nitrogens is 2. The van der Waals surface area contributed by atoms with Crippen molar-refractivity contribution in [1.29, 1.82) is 0 Å². The van der Waals surface area contributed by atoms with Crippen LogP contribution in [0.5, 0.6) is 0 Å². The highest BCUT2D eigenvalue weighted by Gasteiger charge is 2.25. The van der Waals surface area contributed by atoms with E-state index < -0.39 is 0 Å². The number of hydrogen-bond donors (Lipinski definition) is 1. The van der Waals surface area contributed by atoms with Crippen molar-refractivity contribution in [3.63, 3.8) is 0 Å². The van der Waals surface area contributed by atoms with E-state index in [1.807, 2.05) is 24.3 Å². The van der Waals surface area contributed by atoms with Crippen molar-refractivity contribution in [2.45, 2.75) is 38.4 Å². The van der Waals surface area contributed by atoms with Crippen molar-refractivity contribution in [3.8, 4) is 11.4 Å². The third kappa shape index (κ3) is 3.26. The highest BCUT2D eigenvalue weighted by atomic mass is 35.5. The molecule has 6 heteroatoms. The largest absolute Gasteiger partial charge is 0.338 e. The van der Waals surface area contributed by atoms with Gasteiger partial charge in [0.1, 0.15) is 0 Å². The molecule has 2 N–H and O–H groups in total. The standard InChI is InChI=1S/C15H19ClN4O/c1-10-8-11(17)6-7-20(10)9-14-18-15(19-21-14)12-4-2-3-5-13(12)16/h2-5,10-11H,6-9,17H2,1H3. The van der Waals surface area contributed by atoms with E-state index in [9.17, 15) is 0 Å². The molecule has 2 heterocycles. The fourth-order valence-corrected chi connectivity index (χ4v) is 2.96. The zero-order chi connectivity index (χ0) is 14.8. The van der Waals surface area contributed by atoms with Crippen LogP contribution in [0.2, 0.25) is 5.02 Å². The predicted molar refractivity (Wildman–Crippen MR) is 81.8 cm³/mol. The molecule has 2 atom stereocenters. The smallest absolute Gasteiger partial charge is 0.241 e. The Morgan fingerprint density at radius 2 is 2.24 bits per heavy atom. The molecule has 2 aromatic rings. The third-order valence-electron chi connectivity index (χ3n) is 3.98. The highest BCUT2D eigenvalue weighted by molar-refractivity contribution is 6.33. The molecule has 1 aliphatic rings. The number of benzene rings is 1. The highest BCUT2D eigenvalue weighted by Crippen LogP contribution is 2.25. The number of likely N-dealkylation sites (tertiary alicyclic amines) is 1. The minimum absolute atomic E-state index is 0.303. The summed E-state index contributed by atoms with van der Waals surface area (Å²) in [5.74, 6) is 1.16. The Morgan fingerprint density at radius 3 is 3.00 bits per heavy atom. The van der Waals surface area contributed by atoms with Gasteiger partial charge in [0.2, 0.25) is 11.7 Å². The number of halogens is 1. The Bertz CT molecular complexity index is 615. The minimum Gasteiger partial charge on any atom is -0.338 e. The average Bonchev–Trinajstić information content (AvgIpc) is 2.91. The van der Waals surface area contributed by atoms with E-state index >= 15 is 0 Å². The van der Waals surface area contributed by atoms with Crippen LogP contribution in [0, 0.1) is 0 Å². The van der Waals surface area contributed by atoms with Crippen molar-refractivity contribution < 1.29 is 4.52 Å². The fraction of sp³-hybridized carbons (Fsp3) is 0.467. The molecule has 1 saturated heterocycles. The first-order valence-electron chi connectivity index (χ1n) is 7.20. The lowest BCUT2D eigenvalue weighted by Crippen LogP contribution is -2.45. The van der Waals surface area contributed by atoms with Crippen LogP contribution in [0.1, 0.15) is 25.7 Å². The monoisotopic (exact) mass is 306 g/mol. The number of nitrogens with zero attached hydrogens (tertiary/aromatic N) is 3. The van der Waals surface area contributed by atoms with Crippen LogP contribution >= 0.6 is 11.6 Å². The molecular formula is C15H19ClN4O. The summed E-state index contributed by atoms with van der Waals surface area (Å²) in [7, 11) is 0. The lowest BCUT2D eigenvalue weighted by molar-refractivity contribution is 0.124. The molecular weight excluding hydrogens is 288 g/mol. The van der Waals surface area contributed by atoms with Gasteiger partial charge in [-0.05, 0) is 31.9 Å². The summed E-state index contributed by atoms with van der Waals surface area (Å²) in [6, 6.07) is 8.24. The maximum Gasteiger partial charge on any atom is 0.241 e. The van der Waals surface area contributed by atoms with E-state index in [4.69, 9.17) is 21.9 Å². The Balaban J connectivity index is 1.72. The van der Waals surface area contributed by atoms with Crippen LogP contribution in [0.4, 0.5) is 0 Å². The van der Waals surface area contributed by atoms with E-state index in [2.05, 4.69) is 22.0 Å². The number of rotatable bonds is 3. The van der Waals surface area contributed by atoms with Gasteiger partial charge in [-0.15, -0.1) is 0 Å². The first-order chi connectivity index (χ1) is 10.1. The molecule has 112 valence electrons. The summed E-state index contributed by atoms with van der Waals surface area (Å²) in [5, 5.41) is 4.66. The van der Waals surface area contributed by atoms with Crippen molar-refractivity contribution in [1.82, 2.24) is 15.0 Å². The summed E-state index contributed by atoms with van der Waals surface area (Å²) in [6.45, 7) is 3.81. The zero-order valence-corrected chi connectivity index (χ0v) is 12.8. The summed E-state index contributed by atoms with van der Waals surface area (Å²) < 4.78 is 5.36. The second kappa shape index (κ2) is 6.13. The maximum absolute atomic E-state index is 6.15. The van der Waals surface area contributed by atoms with Gasteiger partial charge in [-0.3, -0.25) is 4.90 Å². The van der Waals surface area contributed by atoms with Crippen LogP contribution in [0.15, 0.2) is 28.8 Å². The van der Waals surface area contributed by atoms with Crippen LogP contribution in [0.3, 0.4) is 0 Å². The molecule has 0 spiro atoms. The van der Waals surface area contributed by atoms with Crippen molar-refractivity contribution in [3.05, 3.63) is 35.2 Å². The molecule has 2 unspecified atom stereocenters. The van der Waals surface area contributed by atoms with E-state index in [0.29, 0.717) is 35.4 Å². The quantitative estimate of drug-likeness (QED) is 0.944. The molecule has 0 aliphatic carbocycles. The molecule has 0 amide bonds. The van der Waals surface area contributed by atoms with E-state index in [1.54, 1.807) is 0 Å². The predicted octanol–water partition coefficient (Wildman–Crippen LogP) is 2.70. The second-order valence-electron chi connectivity index (χ2n) is 5.60. The summed E-state index contributed by atoms with van der Waals surface area (Å²) in [5.41, 5.74) is 6.78. The maximum atomic E-state index is 6.15. The Morgan fingerprint density at radius 1 is 1.43 bits per heavy atom. The first-order valence-corrected chi connectivity index (χ1v) is 7.58. The Labute approximate surface area is 129 Å². The molecule has 3 rings (SSSR count). The van der Waals surface area contributed by atoms with Gasteiger partial charge in [-0.25, -0.2) is 0 Å². The normalized spacial score (nSPS) is 23.4. The number of hydrogen-bond acceptors (Lipinski definition) is 5. The van der Waals surface area contributed by atoms with Gasteiger partial charge in [-0.2, -0.15) is 4.98 Å². The van der Waals surface area contributed by atoms with Crippen LogP contribution in [0.25, 0.3) is 11.4 Å². The topological polar surface area (TPSA) is 68.2 Å². The SMILES string of the molecule is CC1CC(N)CCN1Cc1nc(-c2ccccc2Cl)no1. The lowest BCUT2D eigenvalue weighted by atomic mass is 9.99. The minimum atomic E-state index is 0.303. The van der Waals surface area contributed by atoms with Gasteiger partial charge in [0, 0.05) is 24.2 Å². The van der Waals surface area contributed by atoms with Gasteiger partial charge in [0.25, 0.3) is 0 Å². The van der Waals surface area contributed by atoms with Gasteiger partial charge in [0.05, 0.1) is 11.6 Å². The molecule has 0 bridgehead atoms. The van der Waals surface area contributed by atoms with E-state index in [0.717, 1.165) is 24.9 Å². The molecule has 1 fully saturated rings. The van der Waals surface area contributed by atoms with Crippen LogP contribution in [-0.2, 0) is 6.54 Å². The van der Waals surface area contributed by atoms with Gasteiger partial charge in [-0.1, -0.05) is 28.9 Å². The second-order valence-corrected chi connectivity index (χ2v) is 6.00. The number of nitrogens with two attached hydrogens (primary N) is 1. The van der Waals surface area contributed by atoms with Gasteiger partial charge < -0.3 is 10.3 Å². The Kier molecular flexibility index (Phi) is 4.24. The van der Waals surface area contributed by atoms with Crippen LogP contribution in [-0.4, -0.2) is 33.7 Å². The Hall–Kier alpha value is -1.43. The van der Waals surface area contributed by atoms with E-state index in [1.165, 1.54) is 0 Å². The molecule has 1 aromatic heterocycles. The van der Waals surface area contributed by atoms with Gasteiger partial charge >= 0.3 is 0 Å².